The third-order valence-corrected chi connectivity index (χ3v) is 6.23. The lowest BCUT2D eigenvalue weighted by atomic mass is 9.96. The quantitative estimate of drug-likeness (QED) is 0.659. The number of aromatic nitrogens is 3. The summed E-state index contributed by atoms with van der Waals surface area (Å²) in [5, 5.41) is 1.69. The molecule has 0 bridgehead atoms. The molecule has 3 aromatic rings. The summed E-state index contributed by atoms with van der Waals surface area (Å²) in [6, 6.07) is 9.87. The van der Waals surface area contributed by atoms with Crippen molar-refractivity contribution in [3.63, 3.8) is 0 Å². The minimum Gasteiger partial charge on any atom is -0.342 e. The zero-order valence-corrected chi connectivity index (χ0v) is 16.5. The van der Waals surface area contributed by atoms with Crippen LogP contribution in [0.25, 0.3) is 22.4 Å². The lowest BCUT2D eigenvalue weighted by Crippen LogP contribution is -2.40. The van der Waals surface area contributed by atoms with Crippen molar-refractivity contribution >= 4 is 28.4 Å². The molecule has 2 aliphatic rings. The Kier molecular flexibility index (Phi) is 4.55. The fourth-order valence-corrected chi connectivity index (χ4v) is 4.35. The van der Waals surface area contributed by atoms with Crippen LogP contribution in [0.5, 0.6) is 0 Å². The third kappa shape index (κ3) is 3.39. The van der Waals surface area contributed by atoms with Crippen molar-refractivity contribution in [1.82, 2.24) is 19.4 Å². The van der Waals surface area contributed by atoms with Crippen LogP contribution >= 0.6 is 11.6 Å². The normalized spacial score (nSPS) is 18.0. The molecule has 0 radical (unpaired) electrons. The molecular formula is C22H23ClN4O. The van der Waals surface area contributed by atoms with Crippen molar-refractivity contribution in [3.05, 3.63) is 47.7 Å². The fourth-order valence-electron chi connectivity index (χ4n) is 4.13. The van der Waals surface area contributed by atoms with E-state index in [1.807, 2.05) is 42.7 Å². The molecule has 0 unspecified atom stereocenters. The molecule has 0 N–H and O–H groups in total. The number of nitrogens with zero attached hydrogens (tertiary/aromatic N) is 4. The monoisotopic (exact) mass is 394 g/mol. The van der Waals surface area contributed by atoms with Gasteiger partial charge < -0.3 is 9.47 Å². The van der Waals surface area contributed by atoms with Gasteiger partial charge in [0, 0.05) is 43.3 Å². The van der Waals surface area contributed by atoms with E-state index in [-0.39, 0.29) is 0 Å². The Hall–Kier alpha value is -2.40. The van der Waals surface area contributed by atoms with E-state index in [1.54, 1.807) is 0 Å². The minimum atomic E-state index is 0.322. The van der Waals surface area contributed by atoms with Gasteiger partial charge in [-0.2, -0.15) is 0 Å². The van der Waals surface area contributed by atoms with Gasteiger partial charge in [-0.05, 0) is 43.7 Å². The molecule has 5 nitrogen and oxygen atoms in total. The molecule has 0 spiro atoms. The second kappa shape index (κ2) is 7.21. The molecule has 1 amide bonds. The molecule has 144 valence electrons. The lowest BCUT2D eigenvalue weighted by molar-refractivity contribution is -0.134. The lowest BCUT2D eigenvalue weighted by Gasteiger charge is -2.32. The summed E-state index contributed by atoms with van der Waals surface area (Å²) in [6.45, 7) is 2.67. The SMILES string of the molecule is O=C(C1CC1)N1CCC(Cn2ccnc2-c2ccc3cccc(Cl)c3n2)CC1. The van der Waals surface area contributed by atoms with E-state index in [0.717, 1.165) is 67.7 Å². The predicted molar refractivity (Wildman–Crippen MR) is 110 cm³/mol. The number of hydrogen-bond acceptors (Lipinski definition) is 3. The van der Waals surface area contributed by atoms with E-state index in [4.69, 9.17) is 16.6 Å². The highest BCUT2D eigenvalue weighted by Gasteiger charge is 2.35. The van der Waals surface area contributed by atoms with Gasteiger partial charge in [0.25, 0.3) is 0 Å². The van der Waals surface area contributed by atoms with Crippen LogP contribution in [0.1, 0.15) is 25.7 Å². The Morgan fingerprint density at radius 2 is 1.93 bits per heavy atom. The van der Waals surface area contributed by atoms with Crippen LogP contribution in [0.2, 0.25) is 5.02 Å². The molecule has 2 fully saturated rings. The highest BCUT2D eigenvalue weighted by Crippen LogP contribution is 2.33. The number of piperidine rings is 1. The highest BCUT2D eigenvalue weighted by atomic mass is 35.5. The van der Waals surface area contributed by atoms with Gasteiger partial charge in [0.2, 0.25) is 5.91 Å². The highest BCUT2D eigenvalue weighted by molar-refractivity contribution is 6.35. The van der Waals surface area contributed by atoms with Crippen LogP contribution in [-0.4, -0.2) is 38.4 Å². The van der Waals surface area contributed by atoms with Crippen LogP contribution in [-0.2, 0) is 11.3 Å². The largest absolute Gasteiger partial charge is 0.342 e. The summed E-state index contributed by atoms with van der Waals surface area (Å²) in [5.41, 5.74) is 1.65. The number of rotatable bonds is 4. The van der Waals surface area contributed by atoms with Crippen LogP contribution < -0.4 is 0 Å². The van der Waals surface area contributed by atoms with E-state index in [9.17, 15) is 4.79 Å². The van der Waals surface area contributed by atoms with Crippen molar-refractivity contribution in [2.45, 2.75) is 32.2 Å². The zero-order valence-electron chi connectivity index (χ0n) is 15.7. The Morgan fingerprint density at radius 1 is 1.11 bits per heavy atom. The number of hydrogen-bond donors (Lipinski definition) is 0. The van der Waals surface area contributed by atoms with Crippen molar-refractivity contribution in [1.29, 1.82) is 0 Å². The summed E-state index contributed by atoms with van der Waals surface area (Å²) < 4.78 is 2.19. The van der Waals surface area contributed by atoms with E-state index in [0.29, 0.717) is 22.8 Å². The average Bonchev–Trinajstić information content (AvgIpc) is 3.47. The summed E-state index contributed by atoms with van der Waals surface area (Å²) >= 11 is 6.33. The number of carbonyl (C=O) groups excluding carboxylic acids is 1. The van der Waals surface area contributed by atoms with Gasteiger partial charge in [-0.15, -0.1) is 0 Å². The number of benzene rings is 1. The molecule has 5 rings (SSSR count). The van der Waals surface area contributed by atoms with Gasteiger partial charge in [0.15, 0.2) is 5.82 Å². The Balaban J connectivity index is 1.31. The second-order valence-electron chi connectivity index (χ2n) is 7.95. The van der Waals surface area contributed by atoms with Crippen molar-refractivity contribution < 1.29 is 4.79 Å². The first-order valence-electron chi connectivity index (χ1n) is 10.0. The van der Waals surface area contributed by atoms with Crippen LogP contribution in [0.4, 0.5) is 0 Å². The zero-order chi connectivity index (χ0) is 19.1. The molecule has 2 aromatic heterocycles. The molecule has 1 aromatic carbocycles. The minimum absolute atomic E-state index is 0.322. The Labute approximate surface area is 169 Å². The number of amides is 1. The Morgan fingerprint density at radius 3 is 2.71 bits per heavy atom. The first kappa shape index (κ1) is 17.7. The third-order valence-electron chi connectivity index (χ3n) is 5.92. The van der Waals surface area contributed by atoms with Gasteiger partial charge in [-0.25, -0.2) is 9.97 Å². The average molecular weight is 395 g/mol. The summed E-state index contributed by atoms with van der Waals surface area (Å²) in [6.07, 6.45) is 8.12. The summed E-state index contributed by atoms with van der Waals surface area (Å²) in [4.78, 5) is 23.6. The first-order valence-corrected chi connectivity index (χ1v) is 10.4. The number of likely N-dealkylation sites (tertiary alicyclic amines) is 1. The van der Waals surface area contributed by atoms with E-state index >= 15 is 0 Å². The maximum Gasteiger partial charge on any atom is 0.225 e. The number of pyridine rings is 1. The standard InChI is InChI=1S/C22H23ClN4O/c23-18-3-1-2-16-6-7-19(25-20(16)18)21-24-10-13-27(21)14-15-8-11-26(12-9-15)22(28)17-4-5-17/h1-3,6-7,10,13,15,17H,4-5,8-9,11-12,14H2. The maximum absolute atomic E-state index is 12.2. The molecule has 6 heteroatoms. The van der Waals surface area contributed by atoms with Crippen molar-refractivity contribution in [3.8, 4) is 11.5 Å². The van der Waals surface area contributed by atoms with Crippen molar-refractivity contribution in [2.75, 3.05) is 13.1 Å². The van der Waals surface area contributed by atoms with Crippen molar-refractivity contribution in [2.24, 2.45) is 11.8 Å². The predicted octanol–water partition coefficient (Wildman–Crippen LogP) is 4.40. The number of halogens is 1. The molecular weight excluding hydrogens is 372 g/mol. The van der Waals surface area contributed by atoms with Gasteiger partial charge in [0.05, 0.1) is 10.5 Å². The second-order valence-corrected chi connectivity index (χ2v) is 8.36. The Bertz CT molecular complexity index is 1020. The molecule has 1 saturated heterocycles. The molecule has 1 aliphatic carbocycles. The van der Waals surface area contributed by atoms with Gasteiger partial charge in [0.1, 0.15) is 5.69 Å². The number of carbonyl (C=O) groups is 1. The smallest absolute Gasteiger partial charge is 0.225 e. The fraction of sp³-hybridized carbons (Fsp3) is 0.409. The van der Waals surface area contributed by atoms with Gasteiger partial charge >= 0.3 is 0 Å². The topological polar surface area (TPSA) is 51.0 Å². The molecule has 1 aliphatic heterocycles. The first-order chi connectivity index (χ1) is 13.7. The molecule has 3 heterocycles. The summed E-state index contributed by atoms with van der Waals surface area (Å²) in [5.74, 6) is 2.13. The van der Waals surface area contributed by atoms with E-state index in [1.165, 1.54) is 0 Å². The number of fused-ring (bicyclic) bond motifs is 1. The van der Waals surface area contributed by atoms with E-state index < -0.39 is 0 Å². The molecule has 0 atom stereocenters. The summed E-state index contributed by atoms with van der Waals surface area (Å²) in [7, 11) is 0. The van der Waals surface area contributed by atoms with E-state index in [2.05, 4.69) is 14.5 Å². The number of para-hydroxylation sites is 1. The molecule has 28 heavy (non-hydrogen) atoms. The molecule has 1 saturated carbocycles. The van der Waals surface area contributed by atoms with Crippen LogP contribution in [0.3, 0.4) is 0 Å². The number of imidazole rings is 1. The van der Waals surface area contributed by atoms with Gasteiger partial charge in [-0.3, -0.25) is 4.79 Å². The van der Waals surface area contributed by atoms with Crippen LogP contribution in [0, 0.1) is 11.8 Å². The maximum atomic E-state index is 12.2. The van der Waals surface area contributed by atoms with Gasteiger partial charge in [-0.1, -0.05) is 29.8 Å². The van der Waals surface area contributed by atoms with Crippen LogP contribution in [0.15, 0.2) is 42.7 Å².